The quantitative estimate of drug-likeness (QED) is 0.499. The second-order valence-electron chi connectivity index (χ2n) is 5.46. The lowest BCUT2D eigenvalue weighted by Gasteiger charge is -2.15. The third-order valence-electron chi connectivity index (χ3n) is 3.69. The number of nitrogens with zero attached hydrogens (tertiary/aromatic N) is 2. The van der Waals surface area contributed by atoms with E-state index < -0.39 is 11.1 Å². The molecule has 5 nitrogen and oxygen atoms in total. The Morgan fingerprint density at radius 2 is 2.23 bits per heavy atom. The Bertz CT molecular complexity index is 1030. The van der Waals surface area contributed by atoms with Gasteiger partial charge >= 0.3 is 0 Å². The van der Waals surface area contributed by atoms with Crippen LogP contribution in [0.3, 0.4) is 0 Å². The first-order valence-corrected chi connectivity index (χ1v) is 9.95. The molecule has 2 aromatic heterocycles. The van der Waals surface area contributed by atoms with Crippen LogP contribution in [-0.4, -0.2) is 20.7 Å². The fraction of sp³-hybridized carbons (Fsp3) is 0.235. The van der Waals surface area contributed by atoms with Crippen molar-refractivity contribution >= 4 is 56.5 Å². The summed E-state index contributed by atoms with van der Waals surface area (Å²) in [5, 5.41) is 4.42. The summed E-state index contributed by atoms with van der Waals surface area (Å²) in [5.74, 6) is -0.840. The van der Waals surface area contributed by atoms with Crippen molar-refractivity contribution in [3.63, 3.8) is 0 Å². The number of carbonyl (C=O) groups is 1. The smallest absolute Gasteiger partial charge is 0.272 e. The Morgan fingerprint density at radius 1 is 1.46 bits per heavy atom. The van der Waals surface area contributed by atoms with E-state index in [2.05, 4.69) is 10.3 Å². The molecule has 1 unspecified atom stereocenters. The second kappa shape index (κ2) is 7.77. The van der Waals surface area contributed by atoms with Crippen molar-refractivity contribution in [2.75, 3.05) is 5.32 Å². The van der Waals surface area contributed by atoms with Gasteiger partial charge < -0.3 is 5.32 Å². The van der Waals surface area contributed by atoms with E-state index >= 15 is 0 Å². The normalized spacial score (nSPS) is 12.3. The van der Waals surface area contributed by atoms with Gasteiger partial charge in [-0.2, -0.15) is 0 Å². The first kappa shape index (κ1) is 18.9. The number of hydrogen-bond acceptors (Lipinski definition) is 5. The molecule has 9 heteroatoms. The Balaban J connectivity index is 1.81. The molecule has 0 aliphatic heterocycles. The number of amides is 1. The third kappa shape index (κ3) is 3.77. The number of nitrogens with one attached hydrogen (secondary N) is 1. The topological polar surface area (TPSA) is 64.0 Å². The zero-order valence-electron chi connectivity index (χ0n) is 14.0. The maximum atomic E-state index is 13.2. The Hall–Kier alpha value is -1.90. The number of carbonyl (C=O) groups excluding carboxylic acids is 1. The Labute approximate surface area is 162 Å². The highest BCUT2D eigenvalue weighted by molar-refractivity contribution is 8.00. The van der Waals surface area contributed by atoms with Crippen LogP contribution in [0, 0.1) is 5.82 Å². The summed E-state index contributed by atoms with van der Waals surface area (Å²) in [6.45, 7) is 4.04. The lowest BCUT2D eigenvalue weighted by molar-refractivity contribution is -0.115. The van der Waals surface area contributed by atoms with E-state index in [-0.39, 0.29) is 16.5 Å². The molecular formula is C17H15ClFN3O2S2. The van der Waals surface area contributed by atoms with Crippen LogP contribution in [0.5, 0.6) is 0 Å². The van der Waals surface area contributed by atoms with E-state index in [0.717, 1.165) is 0 Å². The first-order chi connectivity index (χ1) is 12.4. The highest BCUT2D eigenvalue weighted by Gasteiger charge is 2.19. The standard InChI is InChI=1S/C17H15ClFN3O2S2/c1-3-22-16(24)14-13(6-7-25-14)21-17(22)26-9(2)15(23)20-10-4-5-12(19)11(18)8-10/h4-9H,3H2,1-2H3,(H,20,23). The number of hydrogen-bond donors (Lipinski definition) is 1. The number of rotatable bonds is 5. The zero-order chi connectivity index (χ0) is 18.8. The molecule has 136 valence electrons. The molecule has 0 aliphatic carbocycles. The molecule has 0 fully saturated rings. The minimum Gasteiger partial charge on any atom is -0.325 e. The van der Waals surface area contributed by atoms with Crippen molar-refractivity contribution in [1.29, 1.82) is 0 Å². The molecule has 1 aromatic carbocycles. The molecule has 0 saturated heterocycles. The van der Waals surface area contributed by atoms with Crippen LogP contribution >= 0.6 is 34.7 Å². The predicted molar refractivity (Wildman–Crippen MR) is 105 cm³/mol. The molecule has 3 aromatic rings. The minimum atomic E-state index is -0.549. The van der Waals surface area contributed by atoms with E-state index in [1.807, 2.05) is 12.3 Å². The molecular weight excluding hydrogens is 397 g/mol. The predicted octanol–water partition coefficient (Wildman–Crippen LogP) is 4.39. The van der Waals surface area contributed by atoms with Crippen LogP contribution in [0.2, 0.25) is 5.02 Å². The van der Waals surface area contributed by atoms with Crippen molar-refractivity contribution in [2.45, 2.75) is 30.8 Å². The second-order valence-corrected chi connectivity index (χ2v) is 8.09. The van der Waals surface area contributed by atoms with E-state index in [4.69, 9.17) is 11.6 Å². The van der Waals surface area contributed by atoms with Crippen LogP contribution in [0.1, 0.15) is 13.8 Å². The SMILES string of the molecule is CCn1c(SC(C)C(=O)Nc2ccc(F)c(Cl)c2)nc2ccsc2c1=O. The summed E-state index contributed by atoms with van der Waals surface area (Å²) in [4.78, 5) is 29.5. The molecule has 0 spiro atoms. The van der Waals surface area contributed by atoms with Crippen LogP contribution in [-0.2, 0) is 11.3 Å². The van der Waals surface area contributed by atoms with Gasteiger partial charge in [-0.05, 0) is 43.5 Å². The van der Waals surface area contributed by atoms with Gasteiger partial charge in [0.05, 0.1) is 15.8 Å². The van der Waals surface area contributed by atoms with Gasteiger partial charge in [-0.3, -0.25) is 14.2 Å². The lowest BCUT2D eigenvalue weighted by Crippen LogP contribution is -2.26. The van der Waals surface area contributed by atoms with Gasteiger partial charge in [-0.15, -0.1) is 11.3 Å². The van der Waals surface area contributed by atoms with Crippen LogP contribution in [0.15, 0.2) is 39.6 Å². The summed E-state index contributed by atoms with van der Waals surface area (Å²) in [7, 11) is 0. The van der Waals surface area contributed by atoms with Gasteiger partial charge in [0.25, 0.3) is 5.56 Å². The molecule has 26 heavy (non-hydrogen) atoms. The fourth-order valence-corrected chi connectivity index (χ4v) is 4.25. The highest BCUT2D eigenvalue weighted by Crippen LogP contribution is 2.26. The van der Waals surface area contributed by atoms with E-state index in [9.17, 15) is 14.0 Å². The molecule has 0 bridgehead atoms. The Morgan fingerprint density at radius 3 is 2.92 bits per heavy atom. The van der Waals surface area contributed by atoms with Gasteiger partial charge in [0.2, 0.25) is 5.91 Å². The number of anilines is 1. The average Bonchev–Trinajstić information content (AvgIpc) is 3.07. The number of thiophene rings is 1. The molecule has 0 radical (unpaired) electrons. The summed E-state index contributed by atoms with van der Waals surface area (Å²) in [5.41, 5.74) is 0.932. The van der Waals surface area contributed by atoms with Crippen LogP contribution in [0.25, 0.3) is 10.2 Å². The zero-order valence-corrected chi connectivity index (χ0v) is 16.3. The summed E-state index contributed by atoms with van der Waals surface area (Å²) >= 11 is 8.28. The van der Waals surface area contributed by atoms with Crippen LogP contribution in [0.4, 0.5) is 10.1 Å². The summed E-state index contributed by atoms with van der Waals surface area (Å²) in [6.07, 6.45) is 0. The molecule has 3 rings (SSSR count). The number of thioether (sulfide) groups is 1. The highest BCUT2D eigenvalue weighted by atomic mass is 35.5. The van der Waals surface area contributed by atoms with Crippen molar-refractivity contribution in [1.82, 2.24) is 9.55 Å². The lowest BCUT2D eigenvalue weighted by atomic mass is 10.3. The average molecular weight is 412 g/mol. The fourth-order valence-electron chi connectivity index (χ4n) is 2.32. The molecule has 1 atom stereocenters. The van der Waals surface area contributed by atoms with Gasteiger partial charge in [0, 0.05) is 12.2 Å². The van der Waals surface area contributed by atoms with E-state index in [1.165, 1.54) is 41.3 Å². The summed E-state index contributed by atoms with van der Waals surface area (Å²) in [6, 6.07) is 5.77. The molecule has 0 saturated carbocycles. The summed E-state index contributed by atoms with van der Waals surface area (Å²) < 4.78 is 15.4. The molecule has 2 heterocycles. The van der Waals surface area contributed by atoms with E-state index in [0.29, 0.717) is 27.6 Å². The largest absolute Gasteiger partial charge is 0.325 e. The molecule has 1 N–H and O–H groups in total. The molecule has 0 aliphatic rings. The number of halogens is 2. The number of benzene rings is 1. The van der Waals surface area contributed by atoms with Crippen molar-refractivity contribution in [3.8, 4) is 0 Å². The Kier molecular flexibility index (Phi) is 5.64. The third-order valence-corrected chi connectivity index (χ3v) is 5.96. The first-order valence-electron chi connectivity index (χ1n) is 7.81. The minimum absolute atomic E-state index is 0.0625. The van der Waals surface area contributed by atoms with Gasteiger partial charge in [-0.25, -0.2) is 9.37 Å². The van der Waals surface area contributed by atoms with E-state index in [1.54, 1.807) is 17.6 Å². The maximum absolute atomic E-state index is 13.2. The van der Waals surface area contributed by atoms with Gasteiger partial charge in [-0.1, -0.05) is 23.4 Å². The van der Waals surface area contributed by atoms with Crippen molar-refractivity contribution < 1.29 is 9.18 Å². The van der Waals surface area contributed by atoms with Gasteiger partial charge in [0.1, 0.15) is 10.5 Å². The monoisotopic (exact) mass is 411 g/mol. The number of aromatic nitrogens is 2. The molecule has 1 amide bonds. The maximum Gasteiger partial charge on any atom is 0.272 e. The van der Waals surface area contributed by atoms with Crippen LogP contribution < -0.4 is 10.9 Å². The van der Waals surface area contributed by atoms with Crippen molar-refractivity contribution in [2.24, 2.45) is 0 Å². The number of fused-ring (bicyclic) bond motifs is 1. The van der Waals surface area contributed by atoms with Crippen molar-refractivity contribution in [3.05, 3.63) is 50.8 Å². The van der Waals surface area contributed by atoms with Gasteiger partial charge in [0.15, 0.2) is 5.16 Å².